The average Bonchev–Trinajstić information content (AvgIpc) is 2.71. The van der Waals surface area contributed by atoms with Gasteiger partial charge in [-0.1, -0.05) is 6.07 Å². The molecule has 0 fully saturated rings. The smallest absolute Gasteiger partial charge is 0.230 e. The van der Waals surface area contributed by atoms with Crippen molar-refractivity contribution in [2.24, 2.45) is 0 Å². The van der Waals surface area contributed by atoms with Crippen LogP contribution in [0.4, 0.5) is 10.1 Å². The van der Waals surface area contributed by atoms with E-state index in [0.29, 0.717) is 16.8 Å². The topological polar surface area (TPSA) is 52.0 Å². The van der Waals surface area contributed by atoms with Crippen molar-refractivity contribution in [3.05, 3.63) is 47.8 Å². The van der Waals surface area contributed by atoms with Crippen LogP contribution >= 0.6 is 0 Å². The summed E-state index contributed by atoms with van der Waals surface area (Å²) in [5.41, 5.74) is 8.66. The summed E-state index contributed by atoms with van der Waals surface area (Å²) in [5, 5.41) is 0. The second-order valence-corrected chi connectivity index (χ2v) is 4.23. The van der Waals surface area contributed by atoms with Crippen molar-refractivity contribution < 1.29 is 8.81 Å². The van der Waals surface area contributed by atoms with Gasteiger partial charge in [-0.2, -0.15) is 0 Å². The van der Waals surface area contributed by atoms with E-state index in [1.165, 1.54) is 6.07 Å². The molecule has 0 bridgehead atoms. The Morgan fingerprint density at radius 2 is 2.00 bits per heavy atom. The van der Waals surface area contributed by atoms with Crippen molar-refractivity contribution in [1.29, 1.82) is 0 Å². The Hall–Kier alpha value is -2.36. The summed E-state index contributed by atoms with van der Waals surface area (Å²) < 4.78 is 19.3. The van der Waals surface area contributed by atoms with E-state index >= 15 is 0 Å². The van der Waals surface area contributed by atoms with Gasteiger partial charge in [-0.3, -0.25) is 0 Å². The monoisotopic (exact) mass is 242 g/mol. The van der Waals surface area contributed by atoms with Crippen LogP contribution in [-0.2, 0) is 0 Å². The van der Waals surface area contributed by atoms with Gasteiger partial charge in [0.25, 0.3) is 0 Å². The Bertz CT molecular complexity index is 734. The molecule has 0 unspecified atom stereocenters. The van der Waals surface area contributed by atoms with Crippen LogP contribution in [-0.4, -0.2) is 4.98 Å². The molecule has 3 nitrogen and oxygen atoms in total. The third-order valence-corrected chi connectivity index (χ3v) is 2.77. The molecule has 0 saturated heterocycles. The number of hydrogen-bond acceptors (Lipinski definition) is 3. The second-order valence-electron chi connectivity index (χ2n) is 4.23. The Kier molecular flexibility index (Phi) is 2.30. The van der Waals surface area contributed by atoms with Gasteiger partial charge in [0, 0.05) is 5.69 Å². The quantitative estimate of drug-likeness (QED) is 0.664. The van der Waals surface area contributed by atoms with E-state index in [9.17, 15) is 4.39 Å². The van der Waals surface area contributed by atoms with E-state index in [1.54, 1.807) is 12.1 Å². The van der Waals surface area contributed by atoms with E-state index in [1.807, 2.05) is 25.1 Å². The Morgan fingerprint density at radius 3 is 2.78 bits per heavy atom. The highest BCUT2D eigenvalue weighted by atomic mass is 19.1. The van der Waals surface area contributed by atoms with E-state index in [4.69, 9.17) is 10.2 Å². The number of benzene rings is 2. The zero-order chi connectivity index (χ0) is 12.7. The normalized spacial score (nSPS) is 11.0. The van der Waals surface area contributed by atoms with E-state index in [-0.39, 0.29) is 5.89 Å². The molecule has 0 saturated carbocycles. The first-order valence-corrected chi connectivity index (χ1v) is 5.56. The number of halogens is 1. The Morgan fingerprint density at radius 1 is 1.17 bits per heavy atom. The number of hydrogen-bond donors (Lipinski definition) is 1. The molecular weight excluding hydrogens is 231 g/mol. The largest absolute Gasteiger partial charge is 0.436 e. The van der Waals surface area contributed by atoms with Gasteiger partial charge in [0.05, 0.1) is 5.56 Å². The van der Waals surface area contributed by atoms with Gasteiger partial charge < -0.3 is 10.2 Å². The number of fused-ring (bicyclic) bond motifs is 1. The van der Waals surface area contributed by atoms with Crippen molar-refractivity contribution in [3.63, 3.8) is 0 Å². The lowest BCUT2D eigenvalue weighted by molar-refractivity contribution is 0.594. The van der Waals surface area contributed by atoms with Crippen molar-refractivity contribution >= 4 is 16.8 Å². The first-order chi connectivity index (χ1) is 8.63. The molecule has 0 amide bonds. The molecule has 3 aromatic rings. The molecule has 0 spiro atoms. The van der Waals surface area contributed by atoms with Crippen LogP contribution in [0, 0.1) is 12.7 Å². The molecule has 0 aliphatic carbocycles. The van der Waals surface area contributed by atoms with Crippen molar-refractivity contribution in [3.8, 4) is 11.5 Å². The molecule has 1 aromatic heterocycles. The van der Waals surface area contributed by atoms with Crippen LogP contribution in [0.2, 0.25) is 0 Å². The van der Waals surface area contributed by atoms with Crippen LogP contribution in [0.1, 0.15) is 5.56 Å². The van der Waals surface area contributed by atoms with Crippen LogP contribution in [0.3, 0.4) is 0 Å². The van der Waals surface area contributed by atoms with Gasteiger partial charge in [0.1, 0.15) is 11.3 Å². The third-order valence-electron chi connectivity index (χ3n) is 2.77. The fourth-order valence-electron chi connectivity index (χ4n) is 1.86. The second kappa shape index (κ2) is 3.84. The highest BCUT2D eigenvalue weighted by Gasteiger charge is 2.12. The molecule has 0 aliphatic heterocycles. The third kappa shape index (κ3) is 1.72. The summed E-state index contributed by atoms with van der Waals surface area (Å²) in [6.07, 6.45) is 0. The summed E-state index contributed by atoms with van der Waals surface area (Å²) >= 11 is 0. The number of nitrogens with two attached hydrogens (primary N) is 1. The fraction of sp³-hybridized carbons (Fsp3) is 0.0714. The molecule has 4 heteroatoms. The molecule has 2 N–H and O–H groups in total. The van der Waals surface area contributed by atoms with E-state index in [2.05, 4.69) is 4.98 Å². The van der Waals surface area contributed by atoms with Crippen LogP contribution in [0.5, 0.6) is 0 Å². The number of rotatable bonds is 1. The van der Waals surface area contributed by atoms with Gasteiger partial charge in [0.2, 0.25) is 5.89 Å². The summed E-state index contributed by atoms with van der Waals surface area (Å²) in [4.78, 5) is 4.29. The first-order valence-electron chi connectivity index (χ1n) is 5.56. The minimum Gasteiger partial charge on any atom is -0.436 e. The lowest BCUT2D eigenvalue weighted by Gasteiger charge is -1.98. The SMILES string of the molecule is Cc1ccc2oc(-c3ccc(N)cc3F)nc2c1. The minimum atomic E-state index is -0.432. The number of aromatic nitrogens is 1. The summed E-state index contributed by atoms with van der Waals surface area (Å²) in [5.74, 6) is -0.161. The van der Waals surface area contributed by atoms with Gasteiger partial charge >= 0.3 is 0 Å². The van der Waals surface area contributed by atoms with Gasteiger partial charge in [0.15, 0.2) is 5.58 Å². The molecule has 90 valence electrons. The zero-order valence-electron chi connectivity index (χ0n) is 9.77. The van der Waals surface area contributed by atoms with Crippen LogP contribution in [0.15, 0.2) is 40.8 Å². The molecule has 1 heterocycles. The lowest BCUT2D eigenvalue weighted by atomic mass is 10.2. The minimum absolute atomic E-state index is 0.271. The number of aryl methyl sites for hydroxylation is 1. The predicted molar refractivity (Wildman–Crippen MR) is 68.6 cm³/mol. The van der Waals surface area contributed by atoms with Crippen molar-refractivity contribution in [1.82, 2.24) is 4.98 Å². The molecule has 18 heavy (non-hydrogen) atoms. The van der Waals surface area contributed by atoms with Gasteiger partial charge in [-0.05, 0) is 42.8 Å². The number of nitrogen functional groups attached to an aromatic ring is 1. The lowest BCUT2D eigenvalue weighted by Crippen LogP contribution is -1.89. The van der Waals surface area contributed by atoms with Gasteiger partial charge in [-0.15, -0.1) is 0 Å². The number of oxazole rings is 1. The van der Waals surface area contributed by atoms with Crippen molar-refractivity contribution in [2.45, 2.75) is 6.92 Å². The first kappa shape index (κ1) is 10.8. The standard InChI is InChI=1S/C14H11FN2O/c1-8-2-5-13-12(6-8)17-14(18-13)10-4-3-9(16)7-11(10)15/h2-7H,16H2,1H3. The molecule has 0 aliphatic rings. The highest BCUT2D eigenvalue weighted by Crippen LogP contribution is 2.27. The Labute approximate surface area is 103 Å². The predicted octanol–water partition coefficient (Wildman–Crippen LogP) is 3.52. The number of anilines is 1. The van der Waals surface area contributed by atoms with Crippen LogP contribution in [0.25, 0.3) is 22.6 Å². The molecule has 3 rings (SSSR count). The number of nitrogens with zero attached hydrogens (tertiary/aromatic N) is 1. The average molecular weight is 242 g/mol. The highest BCUT2D eigenvalue weighted by molar-refractivity contribution is 5.77. The molecule has 0 radical (unpaired) electrons. The molecule has 2 aromatic carbocycles. The molecule has 0 atom stereocenters. The Balaban J connectivity index is 2.19. The van der Waals surface area contributed by atoms with Crippen LogP contribution < -0.4 is 5.73 Å². The van der Waals surface area contributed by atoms with E-state index < -0.39 is 5.82 Å². The maximum absolute atomic E-state index is 13.8. The summed E-state index contributed by atoms with van der Waals surface area (Å²) in [7, 11) is 0. The van der Waals surface area contributed by atoms with E-state index in [0.717, 1.165) is 11.1 Å². The zero-order valence-corrected chi connectivity index (χ0v) is 9.77. The maximum Gasteiger partial charge on any atom is 0.230 e. The fourth-order valence-corrected chi connectivity index (χ4v) is 1.86. The van der Waals surface area contributed by atoms with Crippen molar-refractivity contribution in [2.75, 3.05) is 5.73 Å². The summed E-state index contributed by atoms with van der Waals surface area (Å²) in [6.45, 7) is 1.97. The molecular formula is C14H11FN2O. The summed E-state index contributed by atoms with van der Waals surface area (Å²) in [6, 6.07) is 10.1. The van der Waals surface area contributed by atoms with Gasteiger partial charge in [-0.25, -0.2) is 9.37 Å². The maximum atomic E-state index is 13.8.